The summed E-state index contributed by atoms with van der Waals surface area (Å²) in [4.78, 5) is 41.6. The van der Waals surface area contributed by atoms with Crippen molar-refractivity contribution >= 4 is 55.4 Å². The highest BCUT2D eigenvalue weighted by molar-refractivity contribution is 5.92. The van der Waals surface area contributed by atoms with Crippen LogP contribution >= 0.6 is 0 Å². The standard InChI is InChI=1S/C41H34N6O4/c48-38(42-22-36-44-32-13-5-6-14-33(32)45-36)24-50-40-28(19-17-26-9-1-3-11-30(26)40)21-29-20-18-27-10-2-4-12-31(27)41(29)51-25-39(49)43-23-37-46-34-15-7-8-16-35(34)47-37/h1-20H,21-25H2,(H,42,48)(H,43,49)(H,44,45)(H,46,47). The van der Waals surface area contributed by atoms with Crippen LogP contribution in [0.1, 0.15) is 22.8 Å². The Morgan fingerprint density at radius 3 is 1.43 bits per heavy atom. The quantitative estimate of drug-likeness (QED) is 0.114. The highest BCUT2D eigenvalue weighted by Crippen LogP contribution is 2.36. The van der Waals surface area contributed by atoms with E-state index < -0.39 is 0 Å². The zero-order valence-corrected chi connectivity index (χ0v) is 27.6. The molecule has 2 aromatic heterocycles. The Bertz CT molecular complexity index is 2300. The van der Waals surface area contributed by atoms with Gasteiger partial charge in [0.2, 0.25) is 0 Å². The molecule has 0 aliphatic heterocycles. The lowest BCUT2D eigenvalue weighted by Crippen LogP contribution is -2.29. The van der Waals surface area contributed by atoms with Gasteiger partial charge in [0.15, 0.2) is 13.2 Å². The summed E-state index contributed by atoms with van der Waals surface area (Å²) in [5.74, 6) is 2.05. The second-order valence-electron chi connectivity index (χ2n) is 12.3. The van der Waals surface area contributed by atoms with Crippen LogP contribution in [0.4, 0.5) is 0 Å². The predicted molar refractivity (Wildman–Crippen MR) is 198 cm³/mol. The first-order valence-corrected chi connectivity index (χ1v) is 16.7. The Morgan fingerprint density at radius 2 is 0.961 bits per heavy atom. The molecule has 252 valence electrons. The van der Waals surface area contributed by atoms with Gasteiger partial charge in [-0.2, -0.15) is 0 Å². The lowest BCUT2D eigenvalue weighted by molar-refractivity contribution is -0.124. The molecule has 10 heteroatoms. The first kappa shape index (κ1) is 31.6. The zero-order chi connectivity index (χ0) is 34.6. The number of carbonyl (C=O) groups excluding carboxylic acids is 2. The van der Waals surface area contributed by atoms with Gasteiger partial charge in [-0.25, -0.2) is 9.97 Å². The van der Waals surface area contributed by atoms with E-state index in [9.17, 15) is 9.59 Å². The van der Waals surface area contributed by atoms with Crippen LogP contribution in [0.3, 0.4) is 0 Å². The Hall–Kier alpha value is -6.68. The number of nitrogens with zero attached hydrogens (tertiary/aromatic N) is 2. The summed E-state index contributed by atoms with van der Waals surface area (Å²) in [5.41, 5.74) is 5.29. The third-order valence-corrected chi connectivity index (χ3v) is 8.78. The van der Waals surface area contributed by atoms with Gasteiger partial charge in [-0.15, -0.1) is 0 Å². The number of carbonyl (C=O) groups is 2. The molecule has 0 fully saturated rings. The molecule has 0 saturated carbocycles. The summed E-state index contributed by atoms with van der Waals surface area (Å²) in [6.45, 7) is 0.160. The largest absolute Gasteiger partial charge is 0.483 e. The van der Waals surface area contributed by atoms with Crippen LogP contribution in [0.2, 0.25) is 0 Å². The fraction of sp³-hybridized carbons (Fsp3) is 0.122. The molecule has 8 rings (SSSR count). The summed E-state index contributed by atoms with van der Waals surface area (Å²) in [6, 6.07) is 39.5. The first-order valence-electron chi connectivity index (χ1n) is 16.7. The maximum absolute atomic E-state index is 13.0. The highest BCUT2D eigenvalue weighted by Gasteiger charge is 2.17. The minimum atomic E-state index is -0.266. The van der Waals surface area contributed by atoms with Crippen molar-refractivity contribution in [2.75, 3.05) is 13.2 Å². The number of para-hydroxylation sites is 4. The van der Waals surface area contributed by atoms with E-state index in [1.54, 1.807) is 0 Å². The number of rotatable bonds is 12. The average molecular weight is 675 g/mol. The molecule has 0 spiro atoms. The number of aromatic nitrogens is 4. The fourth-order valence-corrected chi connectivity index (χ4v) is 6.32. The third-order valence-electron chi connectivity index (χ3n) is 8.78. The molecular formula is C41H34N6O4. The predicted octanol–water partition coefficient (Wildman–Crippen LogP) is 6.73. The number of hydrogen-bond donors (Lipinski definition) is 4. The topological polar surface area (TPSA) is 134 Å². The van der Waals surface area contributed by atoms with Gasteiger partial charge in [0.1, 0.15) is 23.1 Å². The van der Waals surface area contributed by atoms with Gasteiger partial charge < -0.3 is 30.1 Å². The Kier molecular flexibility index (Phi) is 8.70. The number of ether oxygens (including phenoxy) is 2. The van der Waals surface area contributed by atoms with Crippen LogP contribution in [0.15, 0.2) is 121 Å². The molecule has 0 saturated heterocycles. The van der Waals surface area contributed by atoms with Crippen LogP contribution in [0, 0.1) is 0 Å². The molecule has 10 nitrogen and oxygen atoms in total. The van der Waals surface area contributed by atoms with Crippen LogP contribution in [0.25, 0.3) is 43.6 Å². The maximum atomic E-state index is 13.0. The van der Waals surface area contributed by atoms with Crippen molar-refractivity contribution in [2.45, 2.75) is 19.5 Å². The molecule has 0 radical (unpaired) electrons. The second-order valence-corrected chi connectivity index (χ2v) is 12.3. The van der Waals surface area contributed by atoms with Crippen molar-refractivity contribution in [3.8, 4) is 11.5 Å². The second kappa shape index (κ2) is 14.0. The Labute approximate surface area is 292 Å². The van der Waals surface area contributed by atoms with E-state index in [2.05, 4.69) is 30.6 Å². The fourth-order valence-electron chi connectivity index (χ4n) is 6.32. The maximum Gasteiger partial charge on any atom is 0.258 e. The van der Waals surface area contributed by atoms with Crippen LogP contribution in [0.5, 0.6) is 11.5 Å². The molecule has 0 aliphatic carbocycles. The summed E-state index contributed by atoms with van der Waals surface area (Å²) in [6.07, 6.45) is 0.446. The molecule has 0 unspecified atom stereocenters. The number of benzene rings is 6. The van der Waals surface area contributed by atoms with E-state index in [1.165, 1.54) is 0 Å². The number of H-pyrrole nitrogens is 2. The van der Waals surface area contributed by atoms with Gasteiger partial charge in [0.25, 0.3) is 11.8 Å². The molecule has 4 N–H and O–H groups in total. The molecule has 2 amide bonds. The molecule has 0 atom stereocenters. The number of hydrogen-bond acceptors (Lipinski definition) is 6. The minimum Gasteiger partial charge on any atom is -0.483 e. The van der Waals surface area contributed by atoms with Crippen LogP contribution < -0.4 is 20.1 Å². The zero-order valence-electron chi connectivity index (χ0n) is 27.6. The lowest BCUT2D eigenvalue weighted by Gasteiger charge is -2.18. The smallest absolute Gasteiger partial charge is 0.258 e. The Balaban J connectivity index is 1.000. The van der Waals surface area contributed by atoms with Crippen molar-refractivity contribution in [3.05, 3.63) is 144 Å². The van der Waals surface area contributed by atoms with Crippen molar-refractivity contribution < 1.29 is 19.1 Å². The van der Waals surface area contributed by atoms with Crippen molar-refractivity contribution in [1.29, 1.82) is 0 Å². The van der Waals surface area contributed by atoms with E-state index in [0.717, 1.165) is 54.7 Å². The van der Waals surface area contributed by atoms with Gasteiger partial charge in [-0.1, -0.05) is 97.1 Å². The summed E-state index contributed by atoms with van der Waals surface area (Å²) in [5, 5.41) is 9.60. The van der Waals surface area contributed by atoms with Gasteiger partial charge in [-0.05, 0) is 46.2 Å². The molecule has 0 bridgehead atoms. The van der Waals surface area contributed by atoms with Crippen molar-refractivity contribution in [3.63, 3.8) is 0 Å². The number of fused-ring (bicyclic) bond motifs is 4. The normalized spacial score (nSPS) is 11.3. The molecule has 0 aliphatic rings. The van der Waals surface area contributed by atoms with E-state index in [1.807, 2.05) is 121 Å². The van der Waals surface area contributed by atoms with Crippen molar-refractivity contribution in [1.82, 2.24) is 30.6 Å². The Morgan fingerprint density at radius 1 is 0.529 bits per heavy atom. The van der Waals surface area contributed by atoms with Crippen LogP contribution in [-0.4, -0.2) is 45.0 Å². The number of aromatic amines is 2. The summed E-state index contributed by atoms with van der Waals surface area (Å²) < 4.78 is 12.6. The number of amides is 2. The third kappa shape index (κ3) is 6.93. The summed E-state index contributed by atoms with van der Waals surface area (Å²) >= 11 is 0. The average Bonchev–Trinajstić information content (AvgIpc) is 3.79. The molecule has 2 heterocycles. The van der Waals surface area contributed by atoms with E-state index in [4.69, 9.17) is 9.47 Å². The first-order chi connectivity index (χ1) is 25.1. The molecular weight excluding hydrogens is 640 g/mol. The SMILES string of the molecule is O=C(COc1c(Cc2ccc3ccccc3c2OCC(=O)NCc2nc3ccccc3[nH]2)ccc2ccccc12)NCc1nc2ccccc2[nH]1. The monoisotopic (exact) mass is 674 g/mol. The van der Waals surface area contributed by atoms with E-state index >= 15 is 0 Å². The molecule has 8 aromatic rings. The van der Waals surface area contributed by atoms with Gasteiger partial charge in [0, 0.05) is 17.2 Å². The van der Waals surface area contributed by atoms with E-state index in [-0.39, 0.29) is 38.1 Å². The minimum absolute atomic E-state index is 0.173. The number of nitrogens with one attached hydrogen (secondary N) is 4. The van der Waals surface area contributed by atoms with E-state index in [0.29, 0.717) is 29.6 Å². The molecule has 51 heavy (non-hydrogen) atoms. The molecule has 6 aromatic carbocycles. The number of imidazole rings is 2. The van der Waals surface area contributed by atoms with Gasteiger partial charge in [-0.3, -0.25) is 9.59 Å². The van der Waals surface area contributed by atoms with Crippen LogP contribution in [-0.2, 0) is 29.1 Å². The highest BCUT2D eigenvalue weighted by atomic mass is 16.5. The van der Waals surface area contributed by atoms with Gasteiger partial charge >= 0.3 is 0 Å². The van der Waals surface area contributed by atoms with Gasteiger partial charge in [0.05, 0.1) is 35.2 Å². The summed E-state index contributed by atoms with van der Waals surface area (Å²) in [7, 11) is 0. The van der Waals surface area contributed by atoms with Crippen molar-refractivity contribution in [2.24, 2.45) is 0 Å². The lowest BCUT2D eigenvalue weighted by atomic mass is 9.97.